The van der Waals surface area contributed by atoms with Crippen molar-refractivity contribution in [2.45, 2.75) is 61.9 Å². The summed E-state index contributed by atoms with van der Waals surface area (Å²) in [6.45, 7) is 3.86. The zero-order valence-electron chi connectivity index (χ0n) is 17.8. The van der Waals surface area contributed by atoms with Crippen LogP contribution < -0.4 is 4.72 Å². The smallest absolute Gasteiger partial charge is 0.281 e. The maximum atomic E-state index is 13.7. The number of rotatable bonds is 5. The van der Waals surface area contributed by atoms with E-state index in [-0.39, 0.29) is 10.9 Å². The number of benzene rings is 1. The van der Waals surface area contributed by atoms with Gasteiger partial charge < -0.3 is 4.90 Å². The highest BCUT2D eigenvalue weighted by Crippen LogP contribution is 2.46. The molecule has 2 amide bonds. The van der Waals surface area contributed by atoms with Crippen molar-refractivity contribution in [1.82, 2.24) is 14.6 Å². The molecule has 2 fully saturated rings. The van der Waals surface area contributed by atoms with E-state index in [1.165, 1.54) is 12.3 Å². The molecular formula is C23H27N3O4S. The Kier molecular flexibility index (Phi) is 5.37. The standard InChI is InChI=1S/C23H27N3O4S/c1-17-10-11-19(24-16-17)31(29,30)25-20(27)22(2)14-15-26(22)21(28)23(12-6-7-13-23)18-8-4-3-5-9-18/h3-5,8-11,16H,6-7,12-15H2,1-2H3,(H,25,27). The Morgan fingerprint density at radius 1 is 1.03 bits per heavy atom. The third-order valence-electron chi connectivity index (χ3n) is 6.73. The second kappa shape index (κ2) is 7.75. The van der Waals surface area contributed by atoms with E-state index >= 15 is 0 Å². The molecule has 1 saturated heterocycles. The molecule has 0 spiro atoms. The number of aryl methyl sites for hydroxylation is 1. The molecule has 31 heavy (non-hydrogen) atoms. The van der Waals surface area contributed by atoms with Crippen LogP contribution in [-0.2, 0) is 25.0 Å². The van der Waals surface area contributed by atoms with E-state index < -0.39 is 26.9 Å². The van der Waals surface area contributed by atoms with Crippen LogP contribution in [0, 0.1) is 6.92 Å². The van der Waals surface area contributed by atoms with Crippen molar-refractivity contribution in [1.29, 1.82) is 0 Å². The molecule has 2 aliphatic rings. The van der Waals surface area contributed by atoms with Gasteiger partial charge in [-0.2, -0.15) is 8.42 Å². The molecular weight excluding hydrogens is 414 g/mol. The molecule has 1 N–H and O–H groups in total. The van der Waals surface area contributed by atoms with Gasteiger partial charge in [0.2, 0.25) is 5.91 Å². The minimum atomic E-state index is -4.12. The molecule has 1 aromatic heterocycles. The molecule has 0 radical (unpaired) electrons. The van der Waals surface area contributed by atoms with Crippen molar-refractivity contribution < 1.29 is 18.0 Å². The molecule has 1 unspecified atom stereocenters. The zero-order chi connectivity index (χ0) is 22.3. The number of pyridine rings is 1. The first-order valence-corrected chi connectivity index (χ1v) is 12.0. The number of likely N-dealkylation sites (tertiary alicyclic amines) is 1. The highest BCUT2D eigenvalue weighted by molar-refractivity contribution is 7.90. The van der Waals surface area contributed by atoms with Crippen molar-refractivity contribution in [3.63, 3.8) is 0 Å². The number of sulfonamides is 1. The fraction of sp³-hybridized carbons (Fsp3) is 0.435. The van der Waals surface area contributed by atoms with Crippen molar-refractivity contribution in [3.05, 3.63) is 59.8 Å². The van der Waals surface area contributed by atoms with E-state index in [2.05, 4.69) is 9.71 Å². The van der Waals surface area contributed by atoms with Crippen molar-refractivity contribution in [2.24, 2.45) is 0 Å². The second-order valence-corrected chi connectivity index (χ2v) is 10.4. The molecule has 2 aromatic rings. The lowest BCUT2D eigenvalue weighted by atomic mass is 9.74. The monoisotopic (exact) mass is 441 g/mol. The number of amides is 2. The van der Waals surface area contributed by atoms with E-state index in [0.29, 0.717) is 13.0 Å². The Morgan fingerprint density at radius 3 is 2.26 bits per heavy atom. The minimum absolute atomic E-state index is 0.0917. The Morgan fingerprint density at radius 2 is 1.71 bits per heavy atom. The molecule has 0 bridgehead atoms. The van der Waals surface area contributed by atoms with Crippen LogP contribution in [0.15, 0.2) is 53.7 Å². The van der Waals surface area contributed by atoms with Gasteiger partial charge in [-0.25, -0.2) is 9.71 Å². The number of hydrogen-bond acceptors (Lipinski definition) is 5. The van der Waals surface area contributed by atoms with Crippen LogP contribution in [-0.4, -0.2) is 42.2 Å². The number of hydrogen-bond donors (Lipinski definition) is 1. The highest BCUT2D eigenvalue weighted by atomic mass is 32.2. The zero-order valence-corrected chi connectivity index (χ0v) is 18.6. The summed E-state index contributed by atoms with van der Waals surface area (Å²) in [6, 6.07) is 12.7. The quantitative estimate of drug-likeness (QED) is 0.770. The Balaban J connectivity index is 1.58. The highest BCUT2D eigenvalue weighted by Gasteiger charge is 2.56. The van der Waals surface area contributed by atoms with Gasteiger partial charge in [-0.1, -0.05) is 49.2 Å². The minimum Gasteiger partial charge on any atom is -0.327 e. The van der Waals surface area contributed by atoms with Crippen molar-refractivity contribution >= 4 is 21.8 Å². The summed E-state index contributed by atoms with van der Waals surface area (Å²) >= 11 is 0. The summed E-state index contributed by atoms with van der Waals surface area (Å²) < 4.78 is 27.5. The van der Waals surface area contributed by atoms with Gasteiger partial charge >= 0.3 is 0 Å². The predicted octanol–water partition coefficient (Wildman–Crippen LogP) is 2.70. The normalized spacial score (nSPS) is 22.6. The first-order chi connectivity index (χ1) is 14.7. The second-order valence-electron chi connectivity index (χ2n) is 8.74. The van der Waals surface area contributed by atoms with E-state index in [1.807, 2.05) is 30.3 Å². The van der Waals surface area contributed by atoms with Crippen LogP contribution >= 0.6 is 0 Å². The molecule has 1 aromatic carbocycles. The Labute approximate surface area is 182 Å². The van der Waals surface area contributed by atoms with Gasteiger partial charge in [0.25, 0.3) is 15.9 Å². The Hall–Kier alpha value is -2.74. The largest absolute Gasteiger partial charge is 0.327 e. The topological polar surface area (TPSA) is 96.4 Å². The average Bonchev–Trinajstić information content (AvgIpc) is 3.24. The molecule has 1 atom stereocenters. The number of nitrogens with one attached hydrogen (secondary N) is 1. The first kappa shape index (κ1) is 21.5. The van der Waals surface area contributed by atoms with Crippen LogP contribution in [0.5, 0.6) is 0 Å². The number of aromatic nitrogens is 1. The third kappa shape index (κ3) is 3.63. The number of carbonyl (C=O) groups is 2. The fourth-order valence-electron chi connectivity index (χ4n) is 4.64. The number of nitrogens with zero attached hydrogens (tertiary/aromatic N) is 2. The molecule has 7 nitrogen and oxygen atoms in total. The Bertz CT molecular complexity index is 1090. The molecule has 1 saturated carbocycles. The van der Waals surface area contributed by atoms with E-state index in [1.54, 1.807) is 24.8 Å². The van der Waals surface area contributed by atoms with Crippen molar-refractivity contribution in [3.8, 4) is 0 Å². The first-order valence-electron chi connectivity index (χ1n) is 10.6. The van der Waals surface area contributed by atoms with Crippen molar-refractivity contribution in [2.75, 3.05) is 6.54 Å². The summed E-state index contributed by atoms with van der Waals surface area (Å²) in [7, 11) is -4.12. The van der Waals surface area contributed by atoms with Gasteiger partial charge in [0.15, 0.2) is 5.03 Å². The van der Waals surface area contributed by atoms with E-state index in [4.69, 9.17) is 0 Å². The van der Waals surface area contributed by atoms with E-state index in [9.17, 15) is 18.0 Å². The lowest BCUT2D eigenvalue weighted by Gasteiger charge is -2.52. The van der Waals surface area contributed by atoms with Crippen LogP contribution in [0.1, 0.15) is 50.2 Å². The number of carbonyl (C=O) groups excluding carboxylic acids is 2. The third-order valence-corrected chi connectivity index (χ3v) is 7.98. The molecule has 1 aliphatic carbocycles. The predicted molar refractivity (Wildman–Crippen MR) is 116 cm³/mol. The molecule has 4 rings (SSSR count). The van der Waals surface area contributed by atoms with Gasteiger partial charge in [0.05, 0.1) is 5.41 Å². The molecule has 8 heteroatoms. The van der Waals surface area contributed by atoms with Crippen LogP contribution in [0.3, 0.4) is 0 Å². The van der Waals surface area contributed by atoms with Gasteiger partial charge in [0, 0.05) is 12.7 Å². The van der Waals surface area contributed by atoms with E-state index in [0.717, 1.165) is 36.8 Å². The SMILES string of the molecule is Cc1ccc(S(=O)(=O)NC(=O)C2(C)CCN2C(=O)C2(c3ccccc3)CCCC2)nc1. The maximum Gasteiger partial charge on any atom is 0.281 e. The van der Waals surface area contributed by atoms with Gasteiger partial charge in [-0.15, -0.1) is 0 Å². The summed E-state index contributed by atoms with van der Waals surface area (Å²) in [5.41, 5.74) is -0.0840. The maximum absolute atomic E-state index is 13.7. The molecule has 1 aliphatic heterocycles. The lowest BCUT2D eigenvalue weighted by Crippen LogP contribution is -2.70. The molecule has 164 valence electrons. The van der Waals surface area contributed by atoms with Crippen LogP contribution in [0.2, 0.25) is 0 Å². The fourth-order valence-corrected chi connectivity index (χ4v) is 5.65. The van der Waals surface area contributed by atoms with Gasteiger partial charge in [-0.05, 0) is 50.3 Å². The lowest BCUT2D eigenvalue weighted by molar-refractivity contribution is -0.161. The summed E-state index contributed by atoms with van der Waals surface area (Å²) in [4.78, 5) is 32.3. The summed E-state index contributed by atoms with van der Waals surface area (Å²) in [5.74, 6) is -0.790. The van der Waals surface area contributed by atoms with Gasteiger partial charge in [0.1, 0.15) is 5.54 Å². The van der Waals surface area contributed by atoms with Crippen LogP contribution in [0.4, 0.5) is 0 Å². The van der Waals surface area contributed by atoms with Gasteiger partial charge in [-0.3, -0.25) is 9.59 Å². The summed E-state index contributed by atoms with van der Waals surface area (Å²) in [6.07, 6.45) is 5.21. The van der Waals surface area contributed by atoms with Crippen LogP contribution in [0.25, 0.3) is 0 Å². The summed E-state index contributed by atoms with van der Waals surface area (Å²) in [5, 5.41) is -0.219. The average molecular weight is 442 g/mol. The molecule has 2 heterocycles.